The zero-order valence-corrected chi connectivity index (χ0v) is 12.9. The normalized spacial score (nSPS) is 28.4. The number of carbonyl (C=O) groups excluding carboxylic acids is 1. The highest BCUT2D eigenvalue weighted by Crippen LogP contribution is 2.22. The van der Waals surface area contributed by atoms with E-state index in [-0.39, 0.29) is 30.5 Å². The molecule has 4 nitrogen and oxygen atoms in total. The van der Waals surface area contributed by atoms with Crippen LogP contribution in [0, 0.1) is 5.92 Å². The summed E-state index contributed by atoms with van der Waals surface area (Å²) in [5.74, 6) is 0.727. The van der Waals surface area contributed by atoms with Gasteiger partial charge in [-0.15, -0.1) is 12.4 Å². The minimum absolute atomic E-state index is 0. The summed E-state index contributed by atoms with van der Waals surface area (Å²) >= 11 is 0. The largest absolute Gasteiger partial charge is 0.392 e. The van der Waals surface area contributed by atoms with E-state index >= 15 is 0 Å². The van der Waals surface area contributed by atoms with Gasteiger partial charge in [0.25, 0.3) is 0 Å². The molecule has 21 heavy (non-hydrogen) atoms. The second-order valence-electron chi connectivity index (χ2n) is 5.98. The smallest absolute Gasteiger partial charge is 0.239 e. The van der Waals surface area contributed by atoms with Crippen molar-refractivity contribution in [1.29, 1.82) is 0 Å². The molecule has 1 amide bonds. The van der Waals surface area contributed by atoms with Crippen LogP contribution in [0.5, 0.6) is 0 Å². The van der Waals surface area contributed by atoms with Crippen molar-refractivity contribution in [1.82, 2.24) is 10.2 Å². The Hall–Kier alpha value is -1.10. The average Bonchev–Trinajstić information content (AvgIpc) is 3.08. The van der Waals surface area contributed by atoms with Crippen LogP contribution >= 0.6 is 12.4 Å². The summed E-state index contributed by atoms with van der Waals surface area (Å²) in [7, 11) is 0. The van der Waals surface area contributed by atoms with Crippen LogP contribution in [0.2, 0.25) is 0 Å². The Morgan fingerprint density at radius 3 is 2.76 bits per heavy atom. The first kappa shape index (κ1) is 16.3. The fraction of sp³-hybridized carbons (Fsp3) is 0.562. The SMILES string of the molecule is Cl.O=C(C1CC(O)CN1)N1CCC(Cc2ccccc2)C1. The van der Waals surface area contributed by atoms with Crippen molar-refractivity contribution in [3.8, 4) is 0 Å². The van der Waals surface area contributed by atoms with Crippen molar-refractivity contribution >= 4 is 18.3 Å². The molecule has 2 N–H and O–H groups in total. The van der Waals surface area contributed by atoms with Crippen LogP contribution in [0.1, 0.15) is 18.4 Å². The fourth-order valence-electron chi connectivity index (χ4n) is 3.27. The summed E-state index contributed by atoms with van der Waals surface area (Å²) in [4.78, 5) is 14.3. The number of hydrogen-bond acceptors (Lipinski definition) is 3. The molecule has 0 spiro atoms. The number of β-amino-alcohol motifs (C(OH)–C–C–N with tert-alkyl or cyclic N) is 1. The van der Waals surface area contributed by atoms with Crippen molar-refractivity contribution in [3.05, 3.63) is 35.9 Å². The van der Waals surface area contributed by atoms with Gasteiger partial charge in [0.15, 0.2) is 0 Å². The second-order valence-corrected chi connectivity index (χ2v) is 5.98. The molecule has 0 aliphatic carbocycles. The van der Waals surface area contributed by atoms with Gasteiger partial charge in [0.2, 0.25) is 5.91 Å². The summed E-state index contributed by atoms with van der Waals surface area (Å²) in [6.45, 7) is 2.24. The molecule has 2 saturated heterocycles. The van der Waals surface area contributed by atoms with Crippen LogP contribution in [0.15, 0.2) is 30.3 Å². The van der Waals surface area contributed by atoms with Gasteiger partial charge in [0.05, 0.1) is 12.1 Å². The molecular formula is C16H23ClN2O2. The number of aliphatic hydroxyl groups excluding tert-OH is 1. The van der Waals surface area contributed by atoms with Crippen molar-refractivity contribution in [2.75, 3.05) is 19.6 Å². The van der Waals surface area contributed by atoms with E-state index in [1.165, 1.54) is 5.56 Å². The van der Waals surface area contributed by atoms with Gasteiger partial charge in [0.1, 0.15) is 0 Å². The molecule has 0 aromatic heterocycles. The number of likely N-dealkylation sites (tertiary alicyclic amines) is 1. The minimum atomic E-state index is -0.369. The molecule has 2 aliphatic rings. The number of nitrogens with one attached hydrogen (secondary N) is 1. The highest BCUT2D eigenvalue weighted by molar-refractivity contribution is 5.85. The third-order valence-electron chi connectivity index (χ3n) is 4.37. The third kappa shape index (κ3) is 3.96. The number of halogens is 1. The Balaban J connectivity index is 0.00000161. The quantitative estimate of drug-likeness (QED) is 0.883. The lowest BCUT2D eigenvalue weighted by Crippen LogP contribution is -2.42. The van der Waals surface area contributed by atoms with E-state index in [4.69, 9.17) is 0 Å². The standard InChI is InChI=1S/C16H22N2O2.ClH/c19-14-9-15(17-10-14)16(20)18-7-6-13(11-18)8-12-4-2-1-3-5-12;/h1-5,13-15,17,19H,6-11H2;1H. The lowest BCUT2D eigenvalue weighted by Gasteiger charge is -2.20. The Kier molecular flexibility index (Phi) is 5.62. The van der Waals surface area contributed by atoms with Crippen molar-refractivity contribution in [3.63, 3.8) is 0 Å². The molecule has 5 heteroatoms. The number of amides is 1. The summed E-state index contributed by atoms with van der Waals surface area (Å²) in [5.41, 5.74) is 1.35. The highest BCUT2D eigenvalue weighted by Gasteiger charge is 2.34. The van der Waals surface area contributed by atoms with Gasteiger partial charge < -0.3 is 15.3 Å². The predicted octanol–water partition coefficient (Wildman–Crippen LogP) is 1.22. The van der Waals surface area contributed by atoms with Crippen LogP contribution in [0.25, 0.3) is 0 Å². The molecule has 3 unspecified atom stereocenters. The van der Waals surface area contributed by atoms with Crippen LogP contribution in [0.4, 0.5) is 0 Å². The van der Waals surface area contributed by atoms with Crippen LogP contribution in [-0.2, 0) is 11.2 Å². The molecule has 2 heterocycles. The van der Waals surface area contributed by atoms with Crippen LogP contribution in [-0.4, -0.2) is 47.7 Å². The Morgan fingerprint density at radius 2 is 2.10 bits per heavy atom. The number of nitrogens with zero attached hydrogens (tertiary/aromatic N) is 1. The van der Waals surface area contributed by atoms with Crippen molar-refractivity contribution in [2.45, 2.75) is 31.4 Å². The second kappa shape index (κ2) is 7.25. The van der Waals surface area contributed by atoms with Gasteiger partial charge in [-0.05, 0) is 30.7 Å². The van der Waals surface area contributed by atoms with Gasteiger partial charge in [-0.2, -0.15) is 0 Å². The van der Waals surface area contributed by atoms with E-state index in [9.17, 15) is 9.90 Å². The lowest BCUT2D eigenvalue weighted by atomic mass is 9.99. The fourth-order valence-corrected chi connectivity index (χ4v) is 3.27. The van der Waals surface area contributed by atoms with E-state index in [0.29, 0.717) is 18.9 Å². The van der Waals surface area contributed by atoms with E-state index < -0.39 is 0 Å². The summed E-state index contributed by atoms with van der Waals surface area (Å²) in [6.07, 6.45) is 2.31. The van der Waals surface area contributed by atoms with Gasteiger partial charge in [0, 0.05) is 19.6 Å². The average molecular weight is 311 g/mol. The minimum Gasteiger partial charge on any atom is -0.392 e. The zero-order chi connectivity index (χ0) is 13.9. The molecule has 2 aliphatic heterocycles. The molecule has 3 rings (SSSR count). The summed E-state index contributed by atoms with van der Waals surface area (Å²) in [5, 5.41) is 12.6. The Morgan fingerprint density at radius 1 is 1.33 bits per heavy atom. The molecule has 116 valence electrons. The molecule has 0 radical (unpaired) electrons. The van der Waals surface area contributed by atoms with Crippen molar-refractivity contribution in [2.24, 2.45) is 5.92 Å². The Bertz CT molecular complexity index is 469. The molecule has 1 aromatic carbocycles. The van der Waals surface area contributed by atoms with E-state index in [1.807, 2.05) is 11.0 Å². The molecule has 1 aromatic rings. The van der Waals surface area contributed by atoms with Gasteiger partial charge in [-0.1, -0.05) is 30.3 Å². The number of rotatable bonds is 3. The maximum Gasteiger partial charge on any atom is 0.239 e. The first-order valence-electron chi connectivity index (χ1n) is 7.46. The number of hydrogen-bond donors (Lipinski definition) is 2. The van der Waals surface area contributed by atoms with E-state index in [1.54, 1.807) is 0 Å². The van der Waals surface area contributed by atoms with Crippen LogP contribution in [0.3, 0.4) is 0 Å². The first-order valence-corrected chi connectivity index (χ1v) is 7.46. The Labute approximate surface area is 131 Å². The van der Waals surface area contributed by atoms with E-state index in [2.05, 4.69) is 29.6 Å². The molecule has 2 fully saturated rings. The number of aliphatic hydroxyl groups is 1. The third-order valence-corrected chi connectivity index (χ3v) is 4.37. The molecule has 0 bridgehead atoms. The first-order chi connectivity index (χ1) is 9.72. The highest BCUT2D eigenvalue weighted by atomic mass is 35.5. The predicted molar refractivity (Wildman–Crippen MR) is 84.5 cm³/mol. The number of benzene rings is 1. The zero-order valence-electron chi connectivity index (χ0n) is 12.1. The van der Waals surface area contributed by atoms with Crippen LogP contribution < -0.4 is 5.32 Å². The molecular weight excluding hydrogens is 288 g/mol. The molecule has 0 saturated carbocycles. The van der Waals surface area contributed by atoms with Gasteiger partial charge >= 0.3 is 0 Å². The maximum atomic E-state index is 12.3. The molecule has 3 atom stereocenters. The van der Waals surface area contributed by atoms with Crippen molar-refractivity contribution < 1.29 is 9.90 Å². The van der Waals surface area contributed by atoms with E-state index in [0.717, 1.165) is 25.9 Å². The van der Waals surface area contributed by atoms with Gasteiger partial charge in [-0.25, -0.2) is 0 Å². The maximum absolute atomic E-state index is 12.3. The summed E-state index contributed by atoms with van der Waals surface area (Å²) < 4.78 is 0. The monoisotopic (exact) mass is 310 g/mol. The number of carbonyl (C=O) groups is 1. The van der Waals surface area contributed by atoms with Gasteiger partial charge in [-0.3, -0.25) is 4.79 Å². The topological polar surface area (TPSA) is 52.6 Å². The summed E-state index contributed by atoms with van der Waals surface area (Å²) in [6, 6.07) is 10.3. The lowest BCUT2D eigenvalue weighted by molar-refractivity contribution is -0.132.